The molecule has 0 spiro atoms. The van der Waals surface area contributed by atoms with Gasteiger partial charge in [-0.15, -0.1) is 0 Å². The van der Waals surface area contributed by atoms with E-state index in [1.165, 1.54) is 4.90 Å². The van der Waals surface area contributed by atoms with Crippen LogP contribution in [0.2, 0.25) is 0 Å². The molecule has 2 aromatic rings. The minimum atomic E-state index is -0.558. The Balaban J connectivity index is 1.29. The minimum absolute atomic E-state index is 0.0908. The van der Waals surface area contributed by atoms with Gasteiger partial charge in [-0.3, -0.25) is 19.2 Å². The second-order valence-corrected chi connectivity index (χ2v) is 9.77. The van der Waals surface area contributed by atoms with Crippen LogP contribution in [-0.2, 0) is 25.6 Å². The van der Waals surface area contributed by atoms with E-state index < -0.39 is 11.9 Å². The van der Waals surface area contributed by atoms with Gasteiger partial charge < -0.3 is 9.64 Å². The third-order valence-corrected chi connectivity index (χ3v) is 7.59. The van der Waals surface area contributed by atoms with Gasteiger partial charge in [0.25, 0.3) is 0 Å². The van der Waals surface area contributed by atoms with Crippen molar-refractivity contribution in [2.75, 3.05) is 16.3 Å². The number of anilines is 2. The van der Waals surface area contributed by atoms with E-state index in [2.05, 4.69) is 0 Å². The first kappa shape index (κ1) is 23.3. The summed E-state index contributed by atoms with van der Waals surface area (Å²) in [6.07, 6.45) is 4.39. The number of hydrogen-bond acceptors (Lipinski definition) is 5. The zero-order valence-corrected chi connectivity index (χ0v) is 20.2. The van der Waals surface area contributed by atoms with E-state index in [4.69, 9.17) is 4.74 Å². The number of carbonyl (C=O) groups is 4. The van der Waals surface area contributed by atoms with Crippen molar-refractivity contribution >= 4 is 35.1 Å². The van der Waals surface area contributed by atoms with Crippen LogP contribution in [0.3, 0.4) is 0 Å². The van der Waals surface area contributed by atoms with E-state index in [0.717, 1.165) is 43.4 Å². The average Bonchev–Trinajstić information content (AvgIpc) is 3.37. The summed E-state index contributed by atoms with van der Waals surface area (Å²) in [5, 5.41) is 0. The molecule has 7 heteroatoms. The lowest BCUT2D eigenvalue weighted by atomic mass is 9.81. The minimum Gasteiger partial charge on any atom is -0.426 e. The van der Waals surface area contributed by atoms with Crippen molar-refractivity contribution in [2.24, 2.45) is 17.8 Å². The number of rotatable bonds is 5. The lowest BCUT2D eigenvalue weighted by molar-refractivity contribution is -0.139. The number of para-hydroxylation sites is 1. The number of carbonyl (C=O) groups excluding carboxylic acids is 4. The molecular formula is C28H30N2O5. The number of esters is 1. The second kappa shape index (κ2) is 9.29. The van der Waals surface area contributed by atoms with E-state index >= 15 is 0 Å². The topological polar surface area (TPSA) is 84.0 Å². The summed E-state index contributed by atoms with van der Waals surface area (Å²) in [5.41, 5.74) is 3.15. The first-order valence-electron chi connectivity index (χ1n) is 12.5. The van der Waals surface area contributed by atoms with Crippen LogP contribution in [0.5, 0.6) is 5.75 Å². The van der Waals surface area contributed by atoms with Gasteiger partial charge in [-0.05, 0) is 61.6 Å². The van der Waals surface area contributed by atoms with Crippen LogP contribution in [0, 0.1) is 24.7 Å². The van der Waals surface area contributed by atoms with Crippen molar-refractivity contribution in [3.63, 3.8) is 0 Å². The van der Waals surface area contributed by atoms with Crippen LogP contribution in [0.4, 0.5) is 11.4 Å². The molecule has 1 saturated carbocycles. The van der Waals surface area contributed by atoms with Crippen molar-refractivity contribution in [3.8, 4) is 5.75 Å². The molecule has 3 aliphatic rings. The Morgan fingerprint density at radius 3 is 2.31 bits per heavy atom. The quantitative estimate of drug-likeness (QED) is 0.369. The molecule has 2 heterocycles. The van der Waals surface area contributed by atoms with Crippen LogP contribution in [0.1, 0.15) is 50.2 Å². The predicted molar refractivity (Wildman–Crippen MR) is 131 cm³/mol. The van der Waals surface area contributed by atoms with Gasteiger partial charge in [0.05, 0.1) is 23.4 Å². The lowest BCUT2D eigenvalue weighted by Gasteiger charge is -2.20. The number of fused-ring (bicyclic) bond motifs is 1. The molecule has 0 aromatic heterocycles. The van der Waals surface area contributed by atoms with Crippen LogP contribution in [-0.4, -0.2) is 30.2 Å². The van der Waals surface area contributed by atoms with Gasteiger partial charge in [-0.2, -0.15) is 0 Å². The first-order valence-corrected chi connectivity index (χ1v) is 12.5. The summed E-state index contributed by atoms with van der Waals surface area (Å²) in [6, 6.07) is 12.7. The molecule has 0 bridgehead atoms. The number of hydrogen-bond donors (Lipinski definition) is 0. The van der Waals surface area contributed by atoms with Gasteiger partial charge in [0, 0.05) is 18.7 Å². The second-order valence-electron chi connectivity index (χ2n) is 9.77. The predicted octanol–water partition coefficient (Wildman–Crippen LogP) is 4.20. The molecule has 0 radical (unpaired) electrons. The summed E-state index contributed by atoms with van der Waals surface area (Å²) >= 11 is 0. The van der Waals surface area contributed by atoms with Gasteiger partial charge in [0.2, 0.25) is 17.7 Å². The SMILES string of the molecule is CCc1ccccc1N1C[C@H](C(=O)Oc2ccc(N3C(=O)[C@H]4CCCC[C@H]4C3=O)c(C)c2)CC1=O. The number of ether oxygens (including phenoxy) is 1. The van der Waals surface area contributed by atoms with Gasteiger partial charge in [-0.1, -0.05) is 38.0 Å². The average molecular weight is 475 g/mol. The van der Waals surface area contributed by atoms with Crippen molar-refractivity contribution in [1.29, 1.82) is 0 Å². The summed E-state index contributed by atoms with van der Waals surface area (Å²) in [7, 11) is 0. The van der Waals surface area contributed by atoms with E-state index in [1.807, 2.05) is 31.2 Å². The van der Waals surface area contributed by atoms with Crippen molar-refractivity contribution in [3.05, 3.63) is 53.6 Å². The third kappa shape index (κ3) is 4.13. The molecule has 3 amide bonds. The highest BCUT2D eigenvalue weighted by atomic mass is 16.5. The van der Waals surface area contributed by atoms with E-state index in [9.17, 15) is 19.2 Å². The molecule has 3 atom stereocenters. The molecule has 2 aliphatic heterocycles. The maximum atomic E-state index is 12.9. The number of aryl methyl sites for hydroxylation is 2. The van der Waals surface area contributed by atoms with Crippen molar-refractivity contribution in [1.82, 2.24) is 0 Å². The molecule has 182 valence electrons. The monoisotopic (exact) mass is 474 g/mol. The summed E-state index contributed by atoms with van der Waals surface area (Å²) in [4.78, 5) is 54.5. The Labute approximate surface area is 205 Å². The highest BCUT2D eigenvalue weighted by molar-refractivity contribution is 6.22. The molecule has 7 nitrogen and oxygen atoms in total. The first-order chi connectivity index (χ1) is 16.9. The molecule has 5 rings (SSSR count). The Bertz CT molecular complexity index is 1180. The largest absolute Gasteiger partial charge is 0.426 e. The van der Waals surface area contributed by atoms with E-state index in [0.29, 0.717) is 17.0 Å². The van der Waals surface area contributed by atoms with Crippen LogP contribution >= 0.6 is 0 Å². The summed E-state index contributed by atoms with van der Waals surface area (Å²) < 4.78 is 5.63. The van der Waals surface area contributed by atoms with Crippen LogP contribution < -0.4 is 14.5 Å². The number of benzene rings is 2. The number of nitrogens with zero attached hydrogens (tertiary/aromatic N) is 2. The van der Waals surface area contributed by atoms with Gasteiger partial charge >= 0.3 is 5.97 Å². The van der Waals surface area contributed by atoms with Crippen LogP contribution in [0.15, 0.2) is 42.5 Å². The highest BCUT2D eigenvalue weighted by Crippen LogP contribution is 2.41. The summed E-state index contributed by atoms with van der Waals surface area (Å²) in [6.45, 7) is 4.12. The van der Waals surface area contributed by atoms with E-state index in [-0.39, 0.29) is 42.5 Å². The maximum absolute atomic E-state index is 12.9. The van der Waals surface area contributed by atoms with Crippen molar-refractivity contribution < 1.29 is 23.9 Å². The van der Waals surface area contributed by atoms with Crippen molar-refractivity contribution in [2.45, 2.75) is 52.4 Å². The number of imide groups is 1. The standard InChI is InChI=1S/C28H30N2O5/c1-3-18-8-4-7-11-24(18)29-16-19(15-25(29)31)28(34)35-20-12-13-23(17(2)14-20)30-26(32)21-9-5-6-10-22(21)27(30)33/h4,7-8,11-14,19,21-22H,3,5-6,9-10,15-16H2,1-2H3/t19-,21-,22+/m1/s1. The molecule has 35 heavy (non-hydrogen) atoms. The molecule has 1 aliphatic carbocycles. The molecule has 2 saturated heterocycles. The fourth-order valence-corrected chi connectivity index (χ4v) is 5.71. The Kier molecular flexibility index (Phi) is 6.17. The van der Waals surface area contributed by atoms with Gasteiger partial charge in [0.15, 0.2) is 0 Å². The molecule has 3 fully saturated rings. The number of amides is 3. The molecule has 0 N–H and O–H groups in total. The van der Waals surface area contributed by atoms with Gasteiger partial charge in [-0.25, -0.2) is 4.90 Å². The van der Waals surface area contributed by atoms with Crippen LogP contribution in [0.25, 0.3) is 0 Å². The Morgan fingerprint density at radius 2 is 1.66 bits per heavy atom. The fourth-order valence-electron chi connectivity index (χ4n) is 5.71. The third-order valence-electron chi connectivity index (χ3n) is 7.59. The summed E-state index contributed by atoms with van der Waals surface area (Å²) in [5.74, 6) is -1.44. The lowest BCUT2D eigenvalue weighted by Crippen LogP contribution is -2.31. The Hall–Kier alpha value is -3.48. The normalized spacial score (nSPS) is 24.2. The maximum Gasteiger partial charge on any atom is 0.316 e. The Morgan fingerprint density at radius 1 is 0.971 bits per heavy atom. The molecule has 2 aromatic carbocycles. The molecule has 0 unspecified atom stereocenters. The molecular weight excluding hydrogens is 444 g/mol. The fraction of sp³-hybridized carbons (Fsp3) is 0.429. The smallest absolute Gasteiger partial charge is 0.316 e. The highest BCUT2D eigenvalue weighted by Gasteiger charge is 2.49. The zero-order chi connectivity index (χ0) is 24.7. The van der Waals surface area contributed by atoms with Gasteiger partial charge in [0.1, 0.15) is 5.75 Å². The van der Waals surface area contributed by atoms with E-state index in [1.54, 1.807) is 30.0 Å². The zero-order valence-electron chi connectivity index (χ0n) is 20.2.